The van der Waals surface area contributed by atoms with E-state index in [9.17, 15) is 14.7 Å². The van der Waals surface area contributed by atoms with Crippen LogP contribution < -0.4 is 0 Å². The van der Waals surface area contributed by atoms with Crippen LogP contribution in [0, 0.1) is 6.92 Å². The molecule has 2 aromatic rings. The Kier molecular flexibility index (Phi) is 5.73. The maximum absolute atomic E-state index is 13.0. The minimum absolute atomic E-state index is 0.104. The SMILES string of the molecule is COCCN1C(=O)C(=O)/C(=C(\O)c2ccc3c(c2)CCCC3)C1c1cccc(C)c1. The highest BCUT2D eigenvalue weighted by molar-refractivity contribution is 6.46. The van der Waals surface area contributed by atoms with Gasteiger partial charge in [-0.15, -0.1) is 0 Å². The van der Waals surface area contributed by atoms with E-state index in [0.29, 0.717) is 12.2 Å². The quantitative estimate of drug-likeness (QED) is 0.465. The zero-order chi connectivity index (χ0) is 21.3. The molecular formula is C25H27NO4. The Balaban J connectivity index is 1.84. The van der Waals surface area contributed by atoms with Crippen molar-refractivity contribution in [2.45, 2.75) is 38.6 Å². The van der Waals surface area contributed by atoms with Crippen LogP contribution in [0.3, 0.4) is 0 Å². The molecular weight excluding hydrogens is 378 g/mol. The summed E-state index contributed by atoms with van der Waals surface area (Å²) < 4.78 is 5.15. The molecule has 5 nitrogen and oxygen atoms in total. The molecule has 5 heteroatoms. The third-order valence-electron chi connectivity index (χ3n) is 6.06. The third-order valence-corrected chi connectivity index (χ3v) is 6.06. The van der Waals surface area contributed by atoms with Gasteiger partial charge in [0.15, 0.2) is 0 Å². The Labute approximate surface area is 177 Å². The molecule has 1 aliphatic carbocycles. The Bertz CT molecular complexity index is 1020. The molecule has 1 saturated heterocycles. The smallest absolute Gasteiger partial charge is 0.295 e. The minimum atomic E-state index is -0.646. The summed E-state index contributed by atoms with van der Waals surface area (Å²) in [5.41, 5.74) is 5.10. The van der Waals surface area contributed by atoms with E-state index in [1.165, 1.54) is 22.4 Å². The molecule has 0 bridgehead atoms. The van der Waals surface area contributed by atoms with E-state index in [0.717, 1.165) is 30.4 Å². The van der Waals surface area contributed by atoms with Crippen molar-refractivity contribution in [1.29, 1.82) is 0 Å². The highest BCUT2D eigenvalue weighted by Gasteiger charge is 2.45. The second-order valence-electron chi connectivity index (χ2n) is 8.09. The van der Waals surface area contributed by atoms with Gasteiger partial charge in [0.05, 0.1) is 18.2 Å². The molecule has 30 heavy (non-hydrogen) atoms. The number of likely N-dealkylation sites (tertiary alicyclic amines) is 1. The summed E-state index contributed by atoms with van der Waals surface area (Å²) in [7, 11) is 1.56. The van der Waals surface area contributed by atoms with Crippen molar-refractivity contribution in [2.75, 3.05) is 20.3 Å². The number of carbonyl (C=O) groups is 2. The Morgan fingerprint density at radius 1 is 1.10 bits per heavy atom. The van der Waals surface area contributed by atoms with Gasteiger partial charge < -0.3 is 14.7 Å². The molecule has 0 spiro atoms. The molecule has 1 amide bonds. The van der Waals surface area contributed by atoms with Crippen LogP contribution in [-0.2, 0) is 27.2 Å². The standard InChI is InChI=1S/C25H27NO4/c1-16-6-5-9-19(14-16)22-21(24(28)25(29)26(22)12-13-30-2)23(27)20-11-10-17-7-3-4-8-18(17)15-20/h5-6,9-11,14-15,22,27H,3-4,7-8,12-13H2,1-2H3/b23-21-. The number of carbonyl (C=O) groups excluding carboxylic acids is 2. The van der Waals surface area contributed by atoms with Crippen LogP contribution in [0.5, 0.6) is 0 Å². The summed E-state index contributed by atoms with van der Waals surface area (Å²) in [5, 5.41) is 11.2. The number of aliphatic hydroxyl groups is 1. The lowest BCUT2D eigenvalue weighted by Gasteiger charge is -2.25. The first kappa shape index (κ1) is 20.4. The molecule has 1 atom stereocenters. The molecule has 4 rings (SSSR count). The van der Waals surface area contributed by atoms with Crippen molar-refractivity contribution in [1.82, 2.24) is 4.90 Å². The molecule has 2 aliphatic rings. The fourth-order valence-electron chi connectivity index (χ4n) is 4.52. The molecule has 1 heterocycles. The lowest BCUT2D eigenvalue weighted by Crippen LogP contribution is -2.32. The largest absolute Gasteiger partial charge is 0.507 e. The molecule has 2 aromatic carbocycles. The Hall–Kier alpha value is -2.92. The van der Waals surface area contributed by atoms with Gasteiger partial charge in [0.1, 0.15) is 5.76 Å². The van der Waals surface area contributed by atoms with Crippen molar-refractivity contribution >= 4 is 17.4 Å². The fourth-order valence-corrected chi connectivity index (χ4v) is 4.52. The van der Waals surface area contributed by atoms with Crippen molar-refractivity contribution in [3.05, 3.63) is 75.9 Å². The highest BCUT2D eigenvalue weighted by atomic mass is 16.5. The maximum Gasteiger partial charge on any atom is 0.295 e. The normalized spacial score (nSPS) is 20.5. The van der Waals surface area contributed by atoms with Crippen molar-refractivity contribution in [3.8, 4) is 0 Å². The van der Waals surface area contributed by atoms with Gasteiger partial charge in [0.2, 0.25) is 0 Å². The molecule has 0 saturated carbocycles. The van der Waals surface area contributed by atoms with Gasteiger partial charge in [-0.3, -0.25) is 9.59 Å². The van der Waals surface area contributed by atoms with E-state index < -0.39 is 17.7 Å². The molecule has 1 fully saturated rings. The van der Waals surface area contributed by atoms with E-state index in [2.05, 4.69) is 0 Å². The second kappa shape index (κ2) is 8.44. The van der Waals surface area contributed by atoms with Gasteiger partial charge in [-0.2, -0.15) is 0 Å². The number of amides is 1. The number of ketones is 1. The number of hydrogen-bond acceptors (Lipinski definition) is 4. The van der Waals surface area contributed by atoms with E-state index >= 15 is 0 Å². The summed E-state index contributed by atoms with van der Waals surface area (Å²) >= 11 is 0. The minimum Gasteiger partial charge on any atom is -0.507 e. The van der Waals surface area contributed by atoms with Gasteiger partial charge in [-0.05, 0) is 55.4 Å². The summed E-state index contributed by atoms with van der Waals surface area (Å²) in [6.45, 7) is 2.56. The molecule has 156 valence electrons. The van der Waals surface area contributed by atoms with Gasteiger partial charge in [0, 0.05) is 19.2 Å². The van der Waals surface area contributed by atoms with Gasteiger partial charge in [-0.1, -0.05) is 42.0 Å². The van der Waals surface area contributed by atoms with Crippen molar-refractivity contribution in [3.63, 3.8) is 0 Å². The van der Waals surface area contributed by atoms with E-state index in [-0.39, 0.29) is 17.9 Å². The van der Waals surface area contributed by atoms with Crippen LogP contribution in [0.15, 0.2) is 48.0 Å². The summed E-state index contributed by atoms with van der Waals surface area (Å²) in [6, 6.07) is 13.0. The average molecular weight is 405 g/mol. The molecule has 0 aromatic heterocycles. The number of methoxy groups -OCH3 is 1. The number of fused-ring (bicyclic) bond motifs is 1. The topological polar surface area (TPSA) is 66.8 Å². The Morgan fingerprint density at radius 3 is 2.60 bits per heavy atom. The third kappa shape index (κ3) is 3.65. The highest BCUT2D eigenvalue weighted by Crippen LogP contribution is 2.39. The molecule has 0 radical (unpaired) electrons. The maximum atomic E-state index is 13.0. The average Bonchev–Trinajstić information content (AvgIpc) is 3.01. The zero-order valence-corrected chi connectivity index (χ0v) is 17.5. The predicted molar refractivity (Wildman–Crippen MR) is 115 cm³/mol. The molecule has 1 N–H and O–H groups in total. The summed E-state index contributed by atoms with van der Waals surface area (Å²) in [4.78, 5) is 27.3. The van der Waals surface area contributed by atoms with E-state index in [1.807, 2.05) is 49.4 Å². The van der Waals surface area contributed by atoms with Crippen LogP contribution in [-0.4, -0.2) is 42.0 Å². The van der Waals surface area contributed by atoms with Crippen LogP contribution in [0.4, 0.5) is 0 Å². The first-order chi connectivity index (χ1) is 14.5. The van der Waals surface area contributed by atoms with Crippen molar-refractivity contribution in [2.24, 2.45) is 0 Å². The molecule has 1 unspecified atom stereocenters. The Morgan fingerprint density at radius 2 is 1.87 bits per heavy atom. The van der Waals surface area contributed by atoms with Crippen LogP contribution in [0.2, 0.25) is 0 Å². The number of nitrogens with zero attached hydrogens (tertiary/aromatic N) is 1. The van der Waals surface area contributed by atoms with Gasteiger partial charge >= 0.3 is 0 Å². The van der Waals surface area contributed by atoms with Gasteiger partial charge in [-0.25, -0.2) is 0 Å². The first-order valence-electron chi connectivity index (χ1n) is 10.5. The first-order valence-corrected chi connectivity index (χ1v) is 10.5. The van der Waals surface area contributed by atoms with E-state index in [1.54, 1.807) is 7.11 Å². The number of Topliss-reactive ketones (excluding diaryl/α,β-unsaturated/α-hetero) is 1. The number of hydrogen-bond donors (Lipinski definition) is 1. The van der Waals surface area contributed by atoms with Crippen LogP contribution >= 0.6 is 0 Å². The number of ether oxygens (including phenoxy) is 1. The predicted octanol–water partition coefficient (Wildman–Crippen LogP) is 3.94. The molecule has 1 aliphatic heterocycles. The zero-order valence-electron chi connectivity index (χ0n) is 17.5. The van der Waals surface area contributed by atoms with Crippen LogP contribution in [0.1, 0.15) is 46.7 Å². The number of aliphatic hydroxyl groups excluding tert-OH is 1. The fraction of sp³-hybridized carbons (Fsp3) is 0.360. The van der Waals surface area contributed by atoms with Crippen molar-refractivity contribution < 1.29 is 19.4 Å². The van der Waals surface area contributed by atoms with Gasteiger partial charge in [0.25, 0.3) is 11.7 Å². The van der Waals surface area contributed by atoms with E-state index in [4.69, 9.17) is 4.74 Å². The summed E-state index contributed by atoms with van der Waals surface area (Å²) in [6.07, 6.45) is 4.32. The van der Waals surface area contributed by atoms with Crippen LogP contribution in [0.25, 0.3) is 5.76 Å². The second-order valence-corrected chi connectivity index (χ2v) is 8.09. The number of benzene rings is 2. The number of rotatable bonds is 5. The lowest BCUT2D eigenvalue weighted by molar-refractivity contribution is -0.140. The number of aryl methyl sites for hydroxylation is 3. The summed E-state index contributed by atoms with van der Waals surface area (Å²) in [5.74, 6) is -1.35. The monoisotopic (exact) mass is 405 g/mol. The lowest BCUT2D eigenvalue weighted by atomic mass is 9.88.